The van der Waals surface area contributed by atoms with Gasteiger partial charge in [0.25, 0.3) is 5.69 Å². The molecule has 33 heavy (non-hydrogen) atoms. The van der Waals surface area contributed by atoms with Gasteiger partial charge in [0.1, 0.15) is 5.75 Å². The summed E-state index contributed by atoms with van der Waals surface area (Å²) in [4.78, 5) is 57.5. The summed E-state index contributed by atoms with van der Waals surface area (Å²) in [7, 11) is 0. The Morgan fingerprint density at radius 3 is 1.94 bits per heavy atom. The van der Waals surface area contributed by atoms with E-state index in [0.29, 0.717) is 0 Å². The van der Waals surface area contributed by atoms with E-state index in [1.807, 2.05) is 0 Å². The normalized spacial score (nSPS) is 24.3. The lowest BCUT2D eigenvalue weighted by molar-refractivity contribution is -0.384. The minimum Gasteiger partial charge on any atom is -0.457 e. The first-order chi connectivity index (χ1) is 15.5. The number of nitrogens with zero attached hydrogens (tertiary/aromatic N) is 1. The van der Waals surface area contributed by atoms with E-state index in [2.05, 4.69) is 0 Å². The lowest BCUT2D eigenvalue weighted by Crippen LogP contribution is -2.57. The quantitative estimate of drug-likeness (QED) is 0.176. The third-order valence-electron chi connectivity index (χ3n) is 4.68. The molecule has 1 aliphatic heterocycles. The number of carbonyl (C=O) groups excluding carboxylic acids is 4. The zero-order valence-corrected chi connectivity index (χ0v) is 19.4. The predicted octanol–water partition coefficient (Wildman–Crippen LogP) is 2.58. The van der Waals surface area contributed by atoms with Crippen LogP contribution in [0.25, 0.3) is 0 Å². The van der Waals surface area contributed by atoms with E-state index in [-0.39, 0.29) is 29.5 Å². The highest BCUT2D eigenvalue weighted by Crippen LogP contribution is 2.39. The smallest absolute Gasteiger partial charge is 0.311 e. The molecule has 11 nitrogen and oxygen atoms in total. The molecule has 0 N–H and O–H groups in total. The largest absolute Gasteiger partial charge is 0.457 e. The number of thioether (sulfide) groups is 1. The van der Waals surface area contributed by atoms with Gasteiger partial charge in [-0.15, -0.1) is 11.8 Å². The average molecular weight is 483 g/mol. The summed E-state index contributed by atoms with van der Waals surface area (Å²) >= 11 is 1.34. The van der Waals surface area contributed by atoms with E-state index in [1.54, 1.807) is 6.92 Å². The van der Waals surface area contributed by atoms with E-state index in [9.17, 15) is 29.3 Å². The summed E-state index contributed by atoms with van der Waals surface area (Å²) in [5, 5.41) is 9.95. The first-order valence-electron chi connectivity index (χ1n) is 10.1. The molecule has 0 radical (unpaired) electrons. The third-order valence-corrected chi connectivity index (χ3v) is 6.24. The summed E-state index contributed by atoms with van der Waals surface area (Å²) in [6.07, 6.45) is -2.69. The fraction of sp³-hybridized carbons (Fsp3) is 0.524. The molecule has 180 valence electrons. The highest BCUT2D eigenvalue weighted by atomic mass is 32.2. The molecule has 1 saturated heterocycles. The number of nitro benzene ring substituents is 1. The molecule has 0 spiro atoms. The maximum Gasteiger partial charge on any atom is 0.311 e. The van der Waals surface area contributed by atoms with Crippen molar-refractivity contribution >= 4 is 41.3 Å². The fourth-order valence-electron chi connectivity index (χ4n) is 3.42. The molecular weight excluding hydrogens is 458 g/mol. The van der Waals surface area contributed by atoms with Crippen LogP contribution in [0.3, 0.4) is 0 Å². The molecule has 1 aromatic carbocycles. The summed E-state index contributed by atoms with van der Waals surface area (Å²) in [5.74, 6) is -2.27. The van der Waals surface area contributed by atoms with Gasteiger partial charge in [-0.05, 0) is 25.5 Å². The Balaban J connectivity index is 2.12. The summed E-state index contributed by atoms with van der Waals surface area (Å²) in [6, 6.07) is 5.07. The Morgan fingerprint density at radius 2 is 1.42 bits per heavy atom. The molecule has 0 unspecified atom stereocenters. The van der Waals surface area contributed by atoms with E-state index < -0.39 is 52.4 Å². The number of hydrogen-bond acceptors (Lipinski definition) is 11. The second-order valence-corrected chi connectivity index (χ2v) is 8.99. The Hall–Kier alpha value is -3.15. The van der Waals surface area contributed by atoms with Crippen LogP contribution in [-0.2, 0) is 33.4 Å². The van der Waals surface area contributed by atoms with Crippen molar-refractivity contribution in [2.24, 2.45) is 0 Å². The number of hydrogen-bond donors (Lipinski definition) is 0. The second kappa shape index (κ2) is 11.6. The van der Waals surface area contributed by atoms with Crippen LogP contribution in [0.5, 0.6) is 5.75 Å². The number of nitro groups is 1. The van der Waals surface area contributed by atoms with Crippen LogP contribution in [0.4, 0.5) is 5.69 Å². The van der Waals surface area contributed by atoms with Crippen molar-refractivity contribution in [3.8, 4) is 5.75 Å². The fourth-order valence-corrected chi connectivity index (χ4v) is 4.96. The highest BCUT2D eigenvalue weighted by molar-refractivity contribution is 8.00. The van der Waals surface area contributed by atoms with Crippen molar-refractivity contribution in [2.45, 2.75) is 69.3 Å². The topological polar surface area (TPSA) is 148 Å². The van der Waals surface area contributed by atoms with Crippen LogP contribution in [0, 0.1) is 10.1 Å². The maximum absolute atomic E-state index is 12.3. The van der Waals surface area contributed by atoms with Crippen molar-refractivity contribution in [3.05, 3.63) is 34.4 Å². The van der Waals surface area contributed by atoms with Gasteiger partial charge in [0.05, 0.1) is 4.92 Å². The Kier molecular flexibility index (Phi) is 9.21. The number of carbonyl (C=O) groups is 4. The molecule has 2 rings (SSSR count). The van der Waals surface area contributed by atoms with Gasteiger partial charge in [0, 0.05) is 49.8 Å². The van der Waals surface area contributed by atoms with Crippen LogP contribution in [0.2, 0.25) is 0 Å². The Bertz CT molecular complexity index is 903. The molecule has 12 heteroatoms. The number of esters is 4. The van der Waals surface area contributed by atoms with Crippen molar-refractivity contribution in [1.82, 2.24) is 0 Å². The monoisotopic (exact) mass is 483 g/mol. The summed E-state index contributed by atoms with van der Waals surface area (Å²) in [6.45, 7) is 5.40. The molecule has 5 atom stereocenters. The molecule has 0 amide bonds. The van der Waals surface area contributed by atoms with Gasteiger partial charge in [-0.3, -0.25) is 29.3 Å². The van der Waals surface area contributed by atoms with E-state index in [4.69, 9.17) is 18.9 Å². The van der Waals surface area contributed by atoms with Crippen molar-refractivity contribution in [3.63, 3.8) is 0 Å². The number of ether oxygens (including phenoxy) is 4. The number of rotatable bonds is 8. The van der Waals surface area contributed by atoms with Crippen LogP contribution in [-0.4, -0.2) is 57.6 Å². The van der Waals surface area contributed by atoms with Gasteiger partial charge in [0.15, 0.2) is 18.3 Å². The molecule has 0 aromatic heterocycles. The minimum atomic E-state index is -1.04. The van der Waals surface area contributed by atoms with Gasteiger partial charge in [-0.1, -0.05) is 0 Å². The van der Waals surface area contributed by atoms with Crippen LogP contribution in [0.1, 0.15) is 40.5 Å². The lowest BCUT2D eigenvalue weighted by Gasteiger charge is -2.43. The first kappa shape index (κ1) is 26.1. The molecule has 0 aliphatic carbocycles. The minimum absolute atomic E-state index is 0.0653. The summed E-state index contributed by atoms with van der Waals surface area (Å²) < 4.78 is 21.3. The van der Waals surface area contributed by atoms with Crippen molar-refractivity contribution in [2.75, 3.05) is 0 Å². The number of benzene rings is 1. The van der Waals surface area contributed by atoms with E-state index in [1.165, 1.54) is 56.8 Å². The molecule has 1 heterocycles. The molecule has 1 fully saturated rings. The zero-order chi connectivity index (χ0) is 24.7. The van der Waals surface area contributed by atoms with Gasteiger partial charge in [-0.2, -0.15) is 0 Å². The van der Waals surface area contributed by atoms with Gasteiger partial charge in [0.2, 0.25) is 0 Å². The van der Waals surface area contributed by atoms with Crippen molar-refractivity contribution in [1.29, 1.82) is 0 Å². The van der Waals surface area contributed by atoms with Gasteiger partial charge in [-0.25, -0.2) is 0 Å². The van der Waals surface area contributed by atoms with E-state index in [0.717, 1.165) is 0 Å². The van der Waals surface area contributed by atoms with Crippen LogP contribution >= 0.6 is 11.8 Å². The third kappa shape index (κ3) is 7.74. The second-order valence-electron chi connectivity index (χ2n) is 7.37. The van der Waals surface area contributed by atoms with Gasteiger partial charge >= 0.3 is 23.9 Å². The molecule has 1 aliphatic rings. The van der Waals surface area contributed by atoms with Crippen molar-refractivity contribution < 1.29 is 43.0 Å². The van der Waals surface area contributed by atoms with Crippen LogP contribution in [0.15, 0.2) is 24.3 Å². The first-order valence-corrected chi connectivity index (χ1v) is 11.0. The highest BCUT2D eigenvalue weighted by Gasteiger charge is 2.49. The summed E-state index contributed by atoms with van der Waals surface area (Å²) in [5.41, 5.74) is -0.134. The predicted molar refractivity (Wildman–Crippen MR) is 115 cm³/mol. The SMILES string of the molecule is CC(=O)O[C@@H]1[C@H](OC(C)=O)[C@H](C)S[C@H](CCC(=O)Oc2ccc([N+](=O)[O-])cc2)[C@H]1OC(C)=O. The zero-order valence-electron chi connectivity index (χ0n) is 18.5. The Morgan fingerprint density at radius 1 is 0.909 bits per heavy atom. The molecular formula is C21H25NO10S. The average Bonchev–Trinajstić information content (AvgIpc) is 2.71. The maximum atomic E-state index is 12.3. The molecule has 1 aromatic rings. The molecule has 0 bridgehead atoms. The standard InChI is InChI=1S/C21H25NO10S/c1-11-19(29-12(2)23)21(31-14(4)25)20(30-13(3)24)17(33-11)9-10-18(26)32-16-7-5-15(6-8-16)22(27)28/h5-8,11,17,19-21H,9-10H2,1-4H3/t11-,17+,19+,20+,21+/m0/s1. The lowest BCUT2D eigenvalue weighted by atomic mass is 9.98. The molecule has 0 saturated carbocycles. The Labute approximate surface area is 194 Å². The van der Waals surface area contributed by atoms with Gasteiger partial charge < -0.3 is 18.9 Å². The van der Waals surface area contributed by atoms with Crippen LogP contribution < -0.4 is 4.74 Å². The van der Waals surface area contributed by atoms with E-state index >= 15 is 0 Å². The number of non-ortho nitro benzene ring substituents is 1.